The van der Waals surface area contributed by atoms with Gasteiger partial charge in [0.15, 0.2) is 0 Å². The highest BCUT2D eigenvalue weighted by Crippen LogP contribution is 2.40. The molecule has 1 atom stereocenters. The average molecular weight is 216 g/mol. The molecule has 2 aliphatic heterocycles. The molecule has 2 heterocycles. The molecule has 1 aromatic carbocycles. The fraction of sp³-hybridized carbons (Fsp3) is 0.462. The number of anilines is 1. The number of hydrogen-bond donors (Lipinski definition) is 2. The predicted octanol–water partition coefficient (Wildman–Crippen LogP) is 1.72. The van der Waals surface area contributed by atoms with Crippen molar-refractivity contribution < 1.29 is 4.79 Å². The number of piperidine rings is 1. The second kappa shape index (κ2) is 3.91. The molecule has 3 nitrogen and oxygen atoms in total. The van der Waals surface area contributed by atoms with Gasteiger partial charge in [-0.2, -0.15) is 0 Å². The summed E-state index contributed by atoms with van der Waals surface area (Å²) in [6.45, 7) is 2.08. The van der Waals surface area contributed by atoms with Gasteiger partial charge in [-0.25, -0.2) is 0 Å². The SMILES string of the molecule is O=C1Nc2ccccc2[C@@H]1C1CCNCC1. The number of carbonyl (C=O) groups excluding carboxylic acids is 1. The third-order valence-corrected chi connectivity index (χ3v) is 3.69. The van der Waals surface area contributed by atoms with Gasteiger partial charge in [0.1, 0.15) is 0 Å². The number of carbonyl (C=O) groups is 1. The molecule has 0 bridgehead atoms. The summed E-state index contributed by atoms with van der Waals surface area (Å²) in [6.07, 6.45) is 2.21. The molecule has 1 aromatic rings. The molecule has 3 rings (SSSR count). The number of benzene rings is 1. The van der Waals surface area contributed by atoms with E-state index in [4.69, 9.17) is 0 Å². The van der Waals surface area contributed by atoms with E-state index in [1.54, 1.807) is 0 Å². The Kier molecular flexibility index (Phi) is 2.40. The van der Waals surface area contributed by atoms with Crippen LogP contribution in [-0.2, 0) is 4.79 Å². The molecule has 0 aliphatic carbocycles. The van der Waals surface area contributed by atoms with Crippen molar-refractivity contribution in [2.45, 2.75) is 18.8 Å². The van der Waals surface area contributed by atoms with E-state index in [0.29, 0.717) is 5.92 Å². The Morgan fingerprint density at radius 3 is 2.69 bits per heavy atom. The Balaban J connectivity index is 1.92. The lowest BCUT2D eigenvalue weighted by atomic mass is 9.81. The second-order valence-corrected chi connectivity index (χ2v) is 4.64. The lowest BCUT2D eigenvalue weighted by Gasteiger charge is -2.26. The van der Waals surface area contributed by atoms with E-state index in [9.17, 15) is 4.79 Å². The van der Waals surface area contributed by atoms with Crippen molar-refractivity contribution in [2.24, 2.45) is 5.92 Å². The van der Waals surface area contributed by atoms with Gasteiger partial charge in [-0.05, 0) is 43.5 Å². The first kappa shape index (κ1) is 9.85. The number of fused-ring (bicyclic) bond motifs is 1. The number of amides is 1. The predicted molar refractivity (Wildman–Crippen MR) is 63.4 cm³/mol. The van der Waals surface area contributed by atoms with Crippen LogP contribution in [0.15, 0.2) is 24.3 Å². The van der Waals surface area contributed by atoms with E-state index in [1.807, 2.05) is 18.2 Å². The quantitative estimate of drug-likeness (QED) is 0.750. The summed E-state index contributed by atoms with van der Waals surface area (Å²) in [5.41, 5.74) is 2.20. The first-order valence-corrected chi connectivity index (χ1v) is 5.97. The third kappa shape index (κ3) is 1.52. The van der Waals surface area contributed by atoms with Crippen molar-refractivity contribution in [3.05, 3.63) is 29.8 Å². The summed E-state index contributed by atoms with van der Waals surface area (Å²) in [6, 6.07) is 8.07. The number of nitrogens with one attached hydrogen (secondary N) is 2. The summed E-state index contributed by atoms with van der Waals surface area (Å²) in [4.78, 5) is 12.0. The molecule has 3 heteroatoms. The highest BCUT2D eigenvalue weighted by atomic mass is 16.2. The summed E-state index contributed by atoms with van der Waals surface area (Å²) >= 11 is 0. The summed E-state index contributed by atoms with van der Waals surface area (Å²) in [7, 11) is 0. The minimum atomic E-state index is 0.0818. The van der Waals surface area contributed by atoms with Crippen LogP contribution >= 0.6 is 0 Å². The number of para-hydroxylation sites is 1. The Hall–Kier alpha value is -1.35. The molecule has 2 aliphatic rings. The summed E-state index contributed by atoms with van der Waals surface area (Å²) < 4.78 is 0. The average Bonchev–Trinajstić information content (AvgIpc) is 2.66. The monoisotopic (exact) mass is 216 g/mol. The molecule has 1 saturated heterocycles. The maximum absolute atomic E-state index is 12.0. The van der Waals surface area contributed by atoms with Crippen LogP contribution in [0.25, 0.3) is 0 Å². The van der Waals surface area contributed by atoms with Crippen LogP contribution in [-0.4, -0.2) is 19.0 Å². The molecular weight excluding hydrogens is 200 g/mol. The Morgan fingerprint density at radius 2 is 1.88 bits per heavy atom. The van der Waals surface area contributed by atoms with Crippen molar-refractivity contribution in [1.29, 1.82) is 0 Å². The van der Waals surface area contributed by atoms with Gasteiger partial charge in [-0.3, -0.25) is 4.79 Å². The van der Waals surface area contributed by atoms with E-state index in [1.165, 1.54) is 5.56 Å². The van der Waals surface area contributed by atoms with Crippen molar-refractivity contribution >= 4 is 11.6 Å². The van der Waals surface area contributed by atoms with Gasteiger partial charge in [0, 0.05) is 5.69 Å². The molecule has 0 radical (unpaired) electrons. The molecule has 0 saturated carbocycles. The molecule has 2 N–H and O–H groups in total. The van der Waals surface area contributed by atoms with Crippen molar-refractivity contribution in [3.8, 4) is 0 Å². The van der Waals surface area contributed by atoms with E-state index in [2.05, 4.69) is 16.7 Å². The van der Waals surface area contributed by atoms with Gasteiger partial charge in [0.2, 0.25) is 5.91 Å². The fourth-order valence-corrected chi connectivity index (χ4v) is 2.88. The molecule has 84 valence electrons. The zero-order chi connectivity index (χ0) is 11.0. The molecule has 0 spiro atoms. The zero-order valence-electron chi connectivity index (χ0n) is 9.20. The van der Waals surface area contributed by atoms with Gasteiger partial charge in [0.25, 0.3) is 0 Å². The zero-order valence-corrected chi connectivity index (χ0v) is 9.20. The van der Waals surface area contributed by atoms with Crippen LogP contribution in [0.3, 0.4) is 0 Å². The van der Waals surface area contributed by atoms with Crippen molar-refractivity contribution in [3.63, 3.8) is 0 Å². The van der Waals surface area contributed by atoms with Gasteiger partial charge >= 0.3 is 0 Å². The van der Waals surface area contributed by atoms with Crippen LogP contribution in [0, 0.1) is 5.92 Å². The fourth-order valence-electron chi connectivity index (χ4n) is 2.88. The second-order valence-electron chi connectivity index (χ2n) is 4.64. The van der Waals surface area contributed by atoms with Gasteiger partial charge < -0.3 is 10.6 Å². The topological polar surface area (TPSA) is 41.1 Å². The maximum Gasteiger partial charge on any atom is 0.232 e. The minimum Gasteiger partial charge on any atom is -0.325 e. The van der Waals surface area contributed by atoms with Crippen molar-refractivity contribution in [2.75, 3.05) is 18.4 Å². The van der Waals surface area contributed by atoms with Crippen LogP contribution in [0.5, 0.6) is 0 Å². The summed E-state index contributed by atoms with van der Waals surface area (Å²) in [5, 5.41) is 6.33. The van der Waals surface area contributed by atoms with Gasteiger partial charge in [0.05, 0.1) is 5.92 Å². The van der Waals surface area contributed by atoms with Crippen LogP contribution < -0.4 is 10.6 Å². The van der Waals surface area contributed by atoms with E-state index in [-0.39, 0.29) is 11.8 Å². The maximum atomic E-state index is 12.0. The van der Waals surface area contributed by atoms with E-state index < -0.39 is 0 Å². The van der Waals surface area contributed by atoms with Crippen LogP contribution in [0.2, 0.25) is 0 Å². The third-order valence-electron chi connectivity index (χ3n) is 3.69. The molecule has 16 heavy (non-hydrogen) atoms. The number of rotatable bonds is 1. The highest BCUT2D eigenvalue weighted by molar-refractivity contribution is 6.03. The van der Waals surface area contributed by atoms with Crippen LogP contribution in [0.4, 0.5) is 5.69 Å². The molecule has 1 amide bonds. The lowest BCUT2D eigenvalue weighted by molar-refractivity contribution is -0.118. The van der Waals surface area contributed by atoms with Gasteiger partial charge in [-0.1, -0.05) is 18.2 Å². The highest BCUT2D eigenvalue weighted by Gasteiger charge is 2.36. The normalized spacial score (nSPS) is 25.2. The first-order valence-electron chi connectivity index (χ1n) is 5.97. The van der Waals surface area contributed by atoms with E-state index >= 15 is 0 Å². The molecule has 1 fully saturated rings. The standard InChI is InChI=1S/C13H16N2O/c16-13-12(9-5-7-14-8-6-9)10-3-1-2-4-11(10)15-13/h1-4,9,12,14H,5-8H2,(H,15,16)/t12-/m0/s1. The molecule has 0 unspecified atom stereocenters. The Labute approximate surface area is 95.2 Å². The van der Waals surface area contributed by atoms with Gasteiger partial charge in [-0.15, -0.1) is 0 Å². The molecule has 0 aromatic heterocycles. The molecular formula is C13H16N2O. The number of hydrogen-bond acceptors (Lipinski definition) is 2. The summed E-state index contributed by atoms with van der Waals surface area (Å²) in [5.74, 6) is 0.774. The largest absolute Gasteiger partial charge is 0.325 e. The van der Waals surface area contributed by atoms with Crippen molar-refractivity contribution in [1.82, 2.24) is 5.32 Å². The smallest absolute Gasteiger partial charge is 0.232 e. The minimum absolute atomic E-state index is 0.0818. The Morgan fingerprint density at radius 1 is 1.12 bits per heavy atom. The Bertz CT molecular complexity index is 410. The van der Waals surface area contributed by atoms with E-state index in [0.717, 1.165) is 31.6 Å². The lowest BCUT2D eigenvalue weighted by Crippen LogP contribution is -2.33. The first-order chi connectivity index (χ1) is 7.86. The van der Waals surface area contributed by atoms with Crippen LogP contribution in [0.1, 0.15) is 24.3 Å².